The number of nitro groups is 1. The fraction of sp³-hybridized carbons (Fsp3) is 0.370. The average molecular weight is 1230 g/mol. The van der Waals surface area contributed by atoms with Crippen molar-refractivity contribution in [1.29, 1.82) is 0 Å². The van der Waals surface area contributed by atoms with Crippen molar-refractivity contribution >= 4 is 69.4 Å². The zero-order valence-corrected chi connectivity index (χ0v) is 47.8. The molecule has 1 saturated heterocycles. The van der Waals surface area contributed by atoms with Crippen molar-refractivity contribution in [2.45, 2.75) is 89.3 Å². The van der Waals surface area contributed by atoms with E-state index >= 15 is 0 Å². The fourth-order valence-corrected chi connectivity index (χ4v) is 15.3. The van der Waals surface area contributed by atoms with E-state index < -0.39 is 71.4 Å². The summed E-state index contributed by atoms with van der Waals surface area (Å²) in [5.74, 6) is 5.05. The van der Waals surface area contributed by atoms with E-state index in [0.717, 1.165) is 117 Å². The van der Waals surface area contributed by atoms with Gasteiger partial charge in [0.15, 0.2) is 11.2 Å². The highest BCUT2D eigenvalue weighted by molar-refractivity contribution is 7.66. The van der Waals surface area contributed by atoms with Crippen molar-refractivity contribution in [3.05, 3.63) is 131 Å². The summed E-state index contributed by atoms with van der Waals surface area (Å²) in [6.45, 7) is 4.26. The molecule has 6 aromatic rings. The van der Waals surface area contributed by atoms with Gasteiger partial charge in [0.2, 0.25) is 17.2 Å². The number of carboxylic acid groups (broad SMARTS) is 1. The quantitative estimate of drug-likeness (QED) is 0.0219. The molecule has 0 spiro atoms. The predicted octanol–water partition coefficient (Wildman–Crippen LogP) is 4.36. The molecular weight excluding hydrogens is 1170 g/mol. The van der Waals surface area contributed by atoms with Gasteiger partial charge in [0.25, 0.3) is 11.6 Å². The Kier molecular flexibility index (Phi) is 15.3. The number of benzene rings is 4. The number of carbonyl (C=O) groups excluding carboxylic acids is 1. The Morgan fingerprint density at radius 2 is 1.68 bits per heavy atom. The number of aliphatic hydroxyl groups is 1. The number of amides is 1. The van der Waals surface area contributed by atoms with E-state index in [9.17, 15) is 53.4 Å². The van der Waals surface area contributed by atoms with Crippen LogP contribution in [0, 0.1) is 22.0 Å². The van der Waals surface area contributed by atoms with E-state index in [-0.39, 0.29) is 63.9 Å². The topological polar surface area (TPSA) is 393 Å². The van der Waals surface area contributed by atoms with Crippen molar-refractivity contribution in [1.82, 2.24) is 29.4 Å². The van der Waals surface area contributed by atoms with Gasteiger partial charge >= 0.3 is 29.4 Å². The number of anilines is 2. The summed E-state index contributed by atoms with van der Waals surface area (Å²) in [6.07, 6.45) is 3.40. The molecule has 1 amide bonds. The molecular formula is C54H55N9O19P3+. The Balaban J connectivity index is 0.767. The number of carbonyl (C=O) groups is 2. The molecule has 0 bridgehead atoms. The molecule has 28 nitrogen and oxygen atoms in total. The molecule has 6 atom stereocenters. The first-order valence-corrected chi connectivity index (χ1v) is 31.7. The number of imidazole rings is 1. The standard InChI is InChI=1S/C54H54N9O19P3/c1-28(78-52-45-50(58-54(55)59-52)62(27-57-45)43-25-41(64)42(79-43)26-77-84(73,74)82-85(75,76)81-83(70,71)72)33-14-12-29(21-40(33)63(68)69)7-2-16-56-51(65)32-13-15-34(53(66)67)37(24-32)44-38-22-30-8-3-17-60-19-5-10-35(46(30)60)48(38)80-49-36-11-6-20-61-18-4-9-31(47(36)61)23-39(44)49/h12-15,21-24,27-28,41-43,64H,3-6,8-11,16-20,25-26H2,1H3,(H7-,55,56,58,59,65,66,67,70,71,72,73,74,75,76)/p+1/t28-,41-,42-,43-/m1/s1. The second kappa shape index (κ2) is 22.4. The minimum atomic E-state index is -5.80. The Labute approximate surface area is 482 Å². The number of nitrogens with zero attached hydrogens (tertiary/aromatic N) is 7. The first-order valence-electron chi connectivity index (χ1n) is 27.1. The molecule has 6 aliphatic rings. The number of ether oxygens (including phenoxy) is 3. The molecule has 0 aliphatic carbocycles. The Hall–Kier alpha value is -7.47. The summed E-state index contributed by atoms with van der Waals surface area (Å²) in [7, 11) is -17.0. The number of phosphoric acid groups is 3. The van der Waals surface area contributed by atoms with Crippen molar-refractivity contribution in [3.63, 3.8) is 0 Å². The van der Waals surface area contributed by atoms with Gasteiger partial charge in [-0.25, -0.2) is 28.0 Å². The van der Waals surface area contributed by atoms with Crippen LogP contribution >= 0.6 is 23.5 Å². The summed E-state index contributed by atoms with van der Waals surface area (Å²) in [6, 6.07) is 13.1. The molecule has 1 fully saturated rings. The van der Waals surface area contributed by atoms with Crippen LogP contribution in [0.3, 0.4) is 0 Å². The van der Waals surface area contributed by atoms with E-state index in [4.69, 9.17) is 29.7 Å². The first kappa shape index (κ1) is 57.9. The molecule has 4 aromatic carbocycles. The molecule has 444 valence electrons. The number of aromatic carboxylic acids is 1. The van der Waals surface area contributed by atoms with Gasteiger partial charge < -0.3 is 59.9 Å². The first-order chi connectivity index (χ1) is 40.5. The summed E-state index contributed by atoms with van der Waals surface area (Å²) in [5, 5.41) is 38.9. The van der Waals surface area contributed by atoms with Crippen LogP contribution in [0.1, 0.15) is 117 Å². The van der Waals surface area contributed by atoms with E-state index in [1.807, 2.05) is 0 Å². The zero-order chi connectivity index (χ0) is 59.9. The maximum absolute atomic E-state index is 14.1. The second-order valence-corrected chi connectivity index (χ2v) is 25.6. The Morgan fingerprint density at radius 1 is 0.929 bits per heavy atom. The number of rotatable bonds is 16. The number of hydrogen-bond donors (Lipinski definition) is 8. The Bertz CT molecular complexity index is 4190. The van der Waals surface area contributed by atoms with Gasteiger partial charge in [0.05, 0.1) is 47.2 Å². The van der Waals surface area contributed by atoms with Crippen LogP contribution in [0.15, 0.2) is 54.9 Å². The number of carboxylic acids is 1. The van der Waals surface area contributed by atoms with Crippen LogP contribution in [0.25, 0.3) is 16.7 Å². The van der Waals surface area contributed by atoms with Crippen LogP contribution in [-0.2, 0) is 57.3 Å². The van der Waals surface area contributed by atoms with Gasteiger partial charge in [0.1, 0.15) is 43.0 Å². The van der Waals surface area contributed by atoms with Gasteiger partial charge in [-0.2, -0.15) is 18.6 Å². The lowest BCUT2D eigenvalue weighted by Crippen LogP contribution is -2.45. The molecule has 9 N–H and O–H groups in total. The number of aliphatic hydroxyl groups excluding tert-OH is 1. The van der Waals surface area contributed by atoms with Gasteiger partial charge in [-0.1, -0.05) is 11.8 Å². The number of hydrogen-bond acceptors (Lipinski definition) is 19. The molecule has 8 heterocycles. The molecule has 0 saturated carbocycles. The third kappa shape index (κ3) is 11.5. The molecule has 31 heteroatoms. The highest BCUT2D eigenvalue weighted by atomic mass is 31.3. The maximum atomic E-state index is 14.1. The van der Waals surface area contributed by atoms with Crippen molar-refractivity contribution in [3.8, 4) is 29.2 Å². The average Bonchev–Trinajstić information content (AvgIpc) is 1.91. The van der Waals surface area contributed by atoms with Crippen LogP contribution in [0.4, 0.5) is 17.3 Å². The van der Waals surface area contributed by atoms with Crippen LogP contribution in [0.2, 0.25) is 0 Å². The number of nitrogen functional groups attached to an aromatic ring is 1. The highest BCUT2D eigenvalue weighted by Gasteiger charge is 2.44. The normalized spacial score (nSPS) is 20.3. The highest BCUT2D eigenvalue weighted by Crippen LogP contribution is 2.66. The third-order valence-corrected chi connectivity index (χ3v) is 19.5. The SMILES string of the molecule is C[C@@H](Oc1nc(N)nc2c1ncn2[C@H]1C[C@@H](O)[C@@H](COP(=O)(O)OP(=O)(O)OP(=O)(O)O)O1)c1ccc(C#CCNC(=O)c2ccc(C(=O)O)c(C3=c4cc5c6c(c4Oc4c3cc3c7c4CCCN7CCC3)CCC[N+]=6CCC5)c2)cc1[N+](=O)[O-]. The number of nitrogens with two attached hydrogens (primary N) is 1. The van der Waals surface area contributed by atoms with Gasteiger partial charge in [-0.05, 0) is 99.0 Å². The minimum absolute atomic E-state index is 0.00771. The van der Waals surface area contributed by atoms with Gasteiger partial charge in [-0.3, -0.25) is 24.0 Å². The van der Waals surface area contributed by atoms with Crippen molar-refractivity contribution in [2.75, 3.05) is 50.0 Å². The van der Waals surface area contributed by atoms with E-state index in [1.54, 1.807) is 6.07 Å². The summed E-state index contributed by atoms with van der Waals surface area (Å²) in [4.78, 5) is 91.3. The number of aromatic nitrogens is 4. The lowest BCUT2D eigenvalue weighted by molar-refractivity contribution is -0.386. The zero-order valence-electron chi connectivity index (χ0n) is 45.2. The number of fused-ring (bicyclic) bond motifs is 5. The lowest BCUT2D eigenvalue weighted by atomic mass is 9.81. The third-order valence-electron chi connectivity index (χ3n) is 15.7. The summed E-state index contributed by atoms with van der Waals surface area (Å²) < 4.78 is 69.9. The summed E-state index contributed by atoms with van der Waals surface area (Å²) >= 11 is 0. The number of aryl methyl sites for hydroxylation is 2. The second-order valence-electron chi connectivity index (χ2n) is 21.2. The van der Waals surface area contributed by atoms with Gasteiger partial charge in [0, 0.05) is 82.7 Å². The molecule has 85 heavy (non-hydrogen) atoms. The van der Waals surface area contributed by atoms with Crippen LogP contribution < -0.4 is 40.6 Å². The predicted molar refractivity (Wildman–Crippen MR) is 299 cm³/mol. The number of phosphoric ester groups is 1. The fourth-order valence-electron chi connectivity index (χ4n) is 12.3. The molecule has 0 radical (unpaired) electrons. The smallest absolute Gasteiger partial charge is 0.478 e. The van der Waals surface area contributed by atoms with E-state index in [0.29, 0.717) is 5.56 Å². The molecule has 2 unspecified atom stereocenters. The van der Waals surface area contributed by atoms with Crippen LogP contribution in [-0.4, -0.2) is 118 Å². The number of nitro benzene ring substituents is 1. The maximum Gasteiger partial charge on any atom is 0.490 e. The van der Waals surface area contributed by atoms with Crippen molar-refractivity contribution in [2.24, 2.45) is 0 Å². The largest absolute Gasteiger partial charge is 0.490 e. The minimum Gasteiger partial charge on any atom is -0.478 e. The van der Waals surface area contributed by atoms with E-state index in [1.165, 1.54) is 70.3 Å². The molecule has 2 aromatic heterocycles. The van der Waals surface area contributed by atoms with E-state index in [2.05, 4.69) is 66.9 Å². The molecule has 6 aliphatic heterocycles. The van der Waals surface area contributed by atoms with Crippen LogP contribution in [0.5, 0.6) is 17.4 Å². The monoisotopic (exact) mass is 1230 g/mol. The van der Waals surface area contributed by atoms with Gasteiger partial charge in [-0.15, -0.1) is 0 Å². The van der Waals surface area contributed by atoms with Crippen molar-refractivity contribution < 1.29 is 85.3 Å². The number of nitrogens with one attached hydrogen (secondary N) is 1. The Morgan fingerprint density at radius 3 is 2.45 bits per heavy atom. The molecule has 12 rings (SSSR count). The summed E-state index contributed by atoms with van der Waals surface area (Å²) in [5.41, 5.74) is 14.1. The lowest BCUT2D eigenvalue weighted by Gasteiger charge is -2.39.